The summed E-state index contributed by atoms with van der Waals surface area (Å²) in [7, 11) is 0. The van der Waals surface area contributed by atoms with E-state index in [1.807, 2.05) is 78.9 Å². The van der Waals surface area contributed by atoms with Crippen molar-refractivity contribution in [2.75, 3.05) is 0 Å². The van der Waals surface area contributed by atoms with Crippen LogP contribution in [0.15, 0.2) is 91.3 Å². The number of rotatable bonds is 5. The second kappa shape index (κ2) is 8.94. The van der Waals surface area contributed by atoms with Gasteiger partial charge in [0, 0.05) is 18.7 Å². The molecule has 0 aliphatic carbocycles. The van der Waals surface area contributed by atoms with Gasteiger partial charge in [0.2, 0.25) is 0 Å². The average molecular weight is 437 g/mol. The van der Waals surface area contributed by atoms with Crippen molar-refractivity contribution in [3.63, 3.8) is 0 Å². The van der Waals surface area contributed by atoms with Crippen molar-refractivity contribution in [1.29, 1.82) is 0 Å². The molecule has 1 aliphatic heterocycles. The molecule has 4 aromatic rings. The summed E-state index contributed by atoms with van der Waals surface area (Å²) in [5, 5.41) is 21.3. The first-order chi connectivity index (χ1) is 16.1. The molecule has 0 spiro atoms. The number of carbonyl (C=O) groups excluding carboxylic acids is 1. The average Bonchev–Trinajstić information content (AvgIpc) is 3.32. The van der Waals surface area contributed by atoms with Crippen LogP contribution in [0.4, 0.5) is 0 Å². The molecule has 5 rings (SSSR count). The van der Waals surface area contributed by atoms with Crippen molar-refractivity contribution < 1.29 is 15.0 Å². The van der Waals surface area contributed by atoms with Crippen LogP contribution < -0.4 is 0 Å². The molecular formula is C27H23N3O3. The maximum absolute atomic E-state index is 12.8. The second-order valence-corrected chi connectivity index (χ2v) is 8.13. The molecule has 2 atom stereocenters. The standard InChI is InChI=1S/C27H23N3O3/c31-25(26(32)27(33)30-16-21-8-4-5-9-22(21)17-30)24-15-28-14-23(29-24)20-12-10-19(11-13-20)18-6-2-1-3-7-18/h1-15,25-26,31-32H,16-17H2/t25-,26+/m0/s1. The molecule has 33 heavy (non-hydrogen) atoms. The van der Waals surface area contributed by atoms with Gasteiger partial charge in [-0.2, -0.15) is 0 Å². The lowest BCUT2D eigenvalue weighted by Gasteiger charge is -2.23. The minimum Gasteiger partial charge on any atom is -0.383 e. The summed E-state index contributed by atoms with van der Waals surface area (Å²) in [4.78, 5) is 23.0. The van der Waals surface area contributed by atoms with Crippen molar-refractivity contribution in [3.8, 4) is 22.4 Å². The van der Waals surface area contributed by atoms with Crippen LogP contribution >= 0.6 is 0 Å². The summed E-state index contributed by atoms with van der Waals surface area (Å²) in [5.74, 6) is -0.530. The quantitative estimate of drug-likeness (QED) is 0.497. The number of amides is 1. The minimum atomic E-state index is -1.62. The first-order valence-corrected chi connectivity index (χ1v) is 10.8. The summed E-state index contributed by atoms with van der Waals surface area (Å²) in [6, 6.07) is 25.7. The Kier molecular flexibility index (Phi) is 5.69. The predicted molar refractivity (Wildman–Crippen MR) is 125 cm³/mol. The van der Waals surface area contributed by atoms with Crippen LogP contribution in [0, 0.1) is 0 Å². The van der Waals surface area contributed by atoms with E-state index in [1.54, 1.807) is 6.20 Å². The van der Waals surface area contributed by atoms with Crippen LogP contribution in [-0.4, -0.2) is 37.1 Å². The van der Waals surface area contributed by atoms with Crippen molar-refractivity contribution >= 4 is 5.91 Å². The maximum Gasteiger partial charge on any atom is 0.255 e. The van der Waals surface area contributed by atoms with E-state index >= 15 is 0 Å². The van der Waals surface area contributed by atoms with Gasteiger partial charge in [-0.05, 0) is 22.3 Å². The first kappa shape index (κ1) is 21.0. The number of aliphatic hydroxyl groups excluding tert-OH is 2. The van der Waals surface area contributed by atoms with Gasteiger partial charge in [-0.3, -0.25) is 9.78 Å². The van der Waals surface area contributed by atoms with E-state index in [9.17, 15) is 15.0 Å². The van der Waals surface area contributed by atoms with Crippen molar-refractivity contribution in [3.05, 3.63) is 108 Å². The highest BCUT2D eigenvalue weighted by Gasteiger charge is 2.33. The Labute approximate surface area is 191 Å². The Hall–Kier alpha value is -3.87. The molecule has 0 saturated heterocycles. The fraction of sp³-hybridized carbons (Fsp3) is 0.148. The predicted octanol–water partition coefficient (Wildman–Crippen LogP) is 3.75. The van der Waals surface area contributed by atoms with E-state index in [1.165, 1.54) is 11.1 Å². The van der Waals surface area contributed by atoms with Crippen molar-refractivity contribution in [2.24, 2.45) is 0 Å². The van der Waals surface area contributed by atoms with Crippen LogP contribution in [0.3, 0.4) is 0 Å². The smallest absolute Gasteiger partial charge is 0.255 e. The number of hydrogen-bond acceptors (Lipinski definition) is 5. The highest BCUT2D eigenvalue weighted by molar-refractivity contribution is 5.82. The summed E-state index contributed by atoms with van der Waals surface area (Å²) in [6.07, 6.45) is -0.123. The van der Waals surface area contributed by atoms with E-state index in [0.717, 1.165) is 27.8 Å². The number of hydrogen-bond donors (Lipinski definition) is 2. The second-order valence-electron chi connectivity index (χ2n) is 8.13. The molecule has 3 aromatic carbocycles. The molecule has 1 aromatic heterocycles. The zero-order chi connectivity index (χ0) is 22.8. The molecule has 0 fully saturated rings. The van der Waals surface area contributed by atoms with Gasteiger partial charge < -0.3 is 15.1 Å². The highest BCUT2D eigenvalue weighted by atomic mass is 16.3. The fourth-order valence-electron chi connectivity index (χ4n) is 4.10. The number of fused-ring (bicyclic) bond motifs is 1. The Morgan fingerprint density at radius 1 is 0.758 bits per heavy atom. The van der Waals surface area contributed by atoms with Gasteiger partial charge in [0.25, 0.3) is 5.91 Å². The lowest BCUT2D eigenvalue weighted by Crippen LogP contribution is -2.39. The van der Waals surface area contributed by atoms with Crippen LogP contribution in [0.1, 0.15) is 22.9 Å². The molecule has 0 bridgehead atoms. The molecule has 6 nitrogen and oxygen atoms in total. The van der Waals surface area contributed by atoms with Crippen LogP contribution in [-0.2, 0) is 17.9 Å². The molecule has 2 N–H and O–H groups in total. The molecule has 6 heteroatoms. The monoisotopic (exact) mass is 437 g/mol. The van der Waals surface area contributed by atoms with Gasteiger partial charge in [-0.25, -0.2) is 4.98 Å². The number of aliphatic hydroxyl groups is 2. The molecule has 1 amide bonds. The van der Waals surface area contributed by atoms with Gasteiger partial charge in [-0.1, -0.05) is 78.9 Å². The number of aromatic nitrogens is 2. The molecule has 0 unspecified atom stereocenters. The molecule has 2 heterocycles. The largest absolute Gasteiger partial charge is 0.383 e. The van der Waals surface area contributed by atoms with Crippen LogP contribution in [0.25, 0.3) is 22.4 Å². The van der Waals surface area contributed by atoms with Crippen molar-refractivity contribution in [1.82, 2.24) is 14.9 Å². The Morgan fingerprint density at radius 2 is 1.33 bits per heavy atom. The number of benzene rings is 3. The van der Waals surface area contributed by atoms with E-state index in [0.29, 0.717) is 18.8 Å². The highest BCUT2D eigenvalue weighted by Crippen LogP contribution is 2.27. The molecule has 1 aliphatic rings. The van der Waals surface area contributed by atoms with E-state index < -0.39 is 18.1 Å². The third-order valence-corrected chi connectivity index (χ3v) is 5.95. The zero-order valence-corrected chi connectivity index (χ0v) is 17.9. The minimum absolute atomic E-state index is 0.150. The SMILES string of the molecule is O=C([C@H](O)[C@@H](O)c1cncc(-c2ccc(-c3ccccc3)cc2)n1)N1Cc2ccccc2C1. The lowest BCUT2D eigenvalue weighted by atomic mass is 10.0. The number of nitrogens with zero attached hydrogens (tertiary/aromatic N) is 3. The van der Waals surface area contributed by atoms with Crippen LogP contribution in [0.5, 0.6) is 0 Å². The third-order valence-electron chi connectivity index (χ3n) is 5.95. The molecule has 0 radical (unpaired) electrons. The lowest BCUT2D eigenvalue weighted by molar-refractivity contribution is -0.147. The fourth-order valence-corrected chi connectivity index (χ4v) is 4.10. The number of carbonyl (C=O) groups is 1. The summed E-state index contributed by atoms with van der Waals surface area (Å²) >= 11 is 0. The molecule has 0 saturated carbocycles. The maximum atomic E-state index is 12.8. The van der Waals surface area contributed by atoms with Gasteiger partial charge in [0.1, 0.15) is 6.10 Å². The van der Waals surface area contributed by atoms with Gasteiger partial charge in [0.05, 0.1) is 23.8 Å². The molecular weight excluding hydrogens is 414 g/mol. The van der Waals surface area contributed by atoms with Gasteiger partial charge >= 0.3 is 0 Å². The normalized spacial score (nSPS) is 14.5. The third kappa shape index (κ3) is 4.26. The first-order valence-electron chi connectivity index (χ1n) is 10.8. The van der Waals surface area contributed by atoms with Crippen molar-refractivity contribution in [2.45, 2.75) is 25.3 Å². The summed E-state index contributed by atoms with van der Waals surface area (Å²) in [6.45, 7) is 0.830. The zero-order valence-electron chi connectivity index (χ0n) is 17.9. The topological polar surface area (TPSA) is 86.5 Å². The van der Waals surface area contributed by atoms with E-state index in [4.69, 9.17) is 0 Å². The van der Waals surface area contributed by atoms with E-state index in [-0.39, 0.29) is 5.69 Å². The Balaban J connectivity index is 1.32. The molecule has 164 valence electrons. The Bertz CT molecular complexity index is 1250. The van der Waals surface area contributed by atoms with Crippen LogP contribution in [0.2, 0.25) is 0 Å². The Morgan fingerprint density at radius 3 is 2.00 bits per heavy atom. The summed E-state index contributed by atoms with van der Waals surface area (Å²) in [5.41, 5.74) is 5.83. The van der Waals surface area contributed by atoms with Gasteiger partial charge in [-0.15, -0.1) is 0 Å². The summed E-state index contributed by atoms with van der Waals surface area (Å²) < 4.78 is 0. The van der Waals surface area contributed by atoms with E-state index in [2.05, 4.69) is 9.97 Å². The van der Waals surface area contributed by atoms with Gasteiger partial charge in [0.15, 0.2) is 6.10 Å².